The zero-order valence-electron chi connectivity index (χ0n) is 20.4. The average Bonchev–Trinajstić information content (AvgIpc) is 3.68. The molecule has 3 aromatic rings. The number of nitrogens with zero attached hydrogens (tertiary/aromatic N) is 2. The molecule has 1 aliphatic carbocycles. The molecule has 7 nitrogen and oxygen atoms in total. The van der Waals surface area contributed by atoms with Crippen LogP contribution in [0, 0.1) is 11.3 Å². The summed E-state index contributed by atoms with van der Waals surface area (Å²) in [6.45, 7) is 3.49. The summed E-state index contributed by atoms with van der Waals surface area (Å²) in [5.74, 6) is 0.435. The lowest BCUT2D eigenvalue weighted by Crippen LogP contribution is -2.46. The van der Waals surface area contributed by atoms with Crippen LogP contribution in [-0.4, -0.2) is 33.1 Å². The van der Waals surface area contributed by atoms with E-state index in [-0.39, 0.29) is 29.3 Å². The van der Waals surface area contributed by atoms with Gasteiger partial charge in [0.25, 0.3) is 0 Å². The Bertz CT molecular complexity index is 1350. The van der Waals surface area contributed by atoms with Crippen LogP contribution in [0.2, 0.25) is 5.02 Å². The van der Waals surface area contributed by atoms with Gasteiger partial charge in [0.2, 0.25) is 5.91 Å². The molecule has 2 aromatic carbocycles. The van der Waals surface area contributed by atoms with E-state index < -0.39 is 23.2 Å². The van der Waals surface area contributed by atoms with Crippen molar-refractivity contribution < 1.29 is 22.7 Å². The molecule has 37 heavy (non-hydrogen) atoms. The molecular weight excluding hydrogens is 509 g/mol. The minimum atomic E-state index is -4.70. The predicted molar refractivity (Wildman–Crippen MR) is 133 cm³/mol. The molecular formula is C26H26ClF3N4O3. The molecule has 11 heteroatoms. The van der Waals surface area contributed by atoms with E-state index in [0.717, 1.165) is 13.8 Å². The molecule has 1 atom stereocenters. The normalized spacial score (nSPS) is 14.8. The van der Waals surface area contributed by atoms with Crippen molar-refractivity contribution in [1.82, 2.24) is 20.3 Å². The van der Waals surface area contributed by atoms with Gasteiger partial charge < -0.3 is 10.1 Å². The molecule has 1 unspecified atom stereocenters. The van der Waals surface area contributed by atoms with Gasteiger partial charge in [0.1, 0.15) is 17.0 Å². The minimum Gasteiger partial charge on any atom is -0.490 e. The number of H-pyrrole nitrogens is 1. The van der Waals surface area contributed by atoms with Gasteiger partial charge in [-0.05, 0) is 81.5 Å². The maximum Gasteiger partial charge on any atom is 0.402 e. The Morgan fingerprint density at radius 2 is 1.84 bits per heavy atom. The lowest BCUT2D eigenvalue weighted by molar-refractivity contribution is -0.211. The molecule has 0 aliphatic heterocycles. The maximum atomic E-state index is 13.1. The summed E-state index contributed by atoms with van der Waals surface area (Å²) in [7, 11) is 0. The highest BCUT2D eigenvalue weighted by Gasteiger charge is 2.52. The van der Waals surface area contributed by atoms with Crippen molar-refractivity contribution in [2.75, 3.05) is 0 Å². The topological polar surface area (TPSA) is 97.0 Å². The van der Waals surface area contributed by atoms with Gasteiger partial charge in [0.05, 0.1) is 11.1 Å². The van der Waals surface area contributed by atoms with Crippen molar-refractivity contribution in [2.24, 2.45) is 11.3 Å². The molecule has 196 valence electrons. The van der Waals surface area contributed by atoms with Crippen LogP contribution in [0.3, 0.4) is 0 Å². The number of carbonyl (C=O) groups excluding carboxylic acids is 1. The van der Waals surface area contributed by atoms with E-state index in [1.54, 1.807) is 36.4 Å². The summed E-state index contributed by atoms with van der Waals surface area (Å²) < 4.78 is 45.4. The fraction of sp³-hybridized carbons (Fsp3) is 0.385. The summed E-state index contributed by atoms with van der Waals surface area (Å²) in [6.07, 6.45) is -2.22. The number of amides is 1. The van der Waals surface area contributed by atoms with E-state index in [1.165, 1.54) is 18.9 Å². The second-order valence-electron chi connectivity index (χ2n) is 9.63. The quantitative estimate of drug-likeness (QED) is 0.396. The smallest absolute Gasteiger partial charge is 0.402 e. The lowest BCUT2D eigenvalue weighted by Gasteiger charge is -2.26. The third-order valence-corrected chi connectivity index (χ3v) is 6.72. The second-order valence-corrected chi connectivity index (χ2v) is 10.0. The molecule has 1 aromatic heterocycles. The van der Waals surface area contributed by atoms with Gasteiger partial charge >= 0.3 is 11.9 Å². The third-order valence-electron chi connectivity index (χ3n) is 6.39. The van der Waals surface area contributed by atoms with Gasteiger partial charge in [-0.15, -0.1) is 0 Å². The number of carbonyl (C=O) groups is 1. The largest absolute Gasteiger partial charge is 0.490 e. The van der Waals surface area contributed by atoms with E-state index in [2.05, 4.69) is 20.3 Å². The summed E-state index contributed by atoms with van der Waals surface area (Å²) in [4.78, 5) is 35.4. The fourth-order valence-electron chi connectivity index (χ4n) is 3.60. The Morgan fingerprint density at radius 3 is 2.46 bits per heavy atom. The third kappa shape index (κ3) is 6.12. The number of ether oxygens (including phenoxy) is 1. The van der Waals surface area contributed by atoms with Crippen molar-refractivity contribution in [1.29, 1.82) is 0 Å². The number of hydrogen-bond donors (Lipinski definition) is 2. The second kappa shape index (κ2) is 10.2. The van der Waals surface area contributed by atoms with Gasteiger partial charge in [-0.25, -0.2) is 9.78 Å². The maximum absolute atomic E-state index is 13.1. The van der Waals surface area contributed by atoms with Crippen LogP contribution in [0.25, 0.3) is 22.8 Å². The Balaban J connectivity index is 1.55. The summed E-state index contributed by atoms with van der Waals surface area (Å²) in [5, 5.41) is 2.56. The molecule has 1 amide bonds. The Kier molecular flexibility index (Phi) is 7.32. The van der Waals surface area contributed by atoms with Gasteiger partial charge in [0.15, 0.2) is 5.82 Å². The van der Waals surface area contributed by atoms with Crippen molar-refractivity contribution >= 4 is 17.5 Å². The number of hydrogen-bond acceptors (Lipinski definition) is 5. The van der Waals surface area contributed by atoms with Crippen LogP contribution in [0.1, 0.15) is 39.2 Å². The SMILES string of the molecule is CC(Oc1ccc(-c2nc(-c3cc(CNC(=O)C(C)(C)C(F)(F)F)ccc3Cl)[nH]c(=O)n2)cc1)C1CC1. The van der Waals surface area contributed by atoms with Crippen molar-refractivity contribution in [3.8, 4) is 28.5 Å². The fourth-order valence-corrected chi connectivity index (χ4v) is 3.80. The van der Waals surface area contributed by atoms with Crippen molar-refractivity contribution in [3.63, 3.8) is 0 Å². The van der Waals surface area contributed by atoms with E-state index in [0.29, 0.717) is 28.4 Å². The molecule has 4 rings (SSSR count). The highest BCUT2D eigenvalue weighted by molar-refractivity contribution is 6.33. The van der Waals surface area contributed by atoms with Crippen molar-refractivity contribution in [3.05, 3.63) is 63.5 Å². The van der Waals surface area contributed by atoms with Crippen LogP contribution < -0.4 is 15.7 Å². The summed E-state index contributed by atoms with van der Waals surface area (Å²) in [5.41, 5.74) is -1.80. The minimum absolute atomic E-state index is 0.131. The van der Waals surface area contributed by atoms with E-state index >= 15 is 0 Å². The van der Waals surface area contributed by atoms with Crippen LogP contribution in [0.5, 0.6) is 5.75 Å². The molecule has 0 spiro atoms. The van der Waals surface area contributed by atoms with Gasteiger partial charge in [-0.3, -0.25) is 9.78 Å². The lowest BCUT2D eigenvalue weighted by atomic mass is 9.91. The first-order chi connectivity index (χ1) is 17.3. The van der Waals surface area contributed by atoms with Crippen LogP contribution >= 0.6 is 11.6 Å². The molecule has 1 fully saturated rings. The number of halogens is 4. The monoisotopic (exact) mass is 534 g/mol. The predicted octanol–water partition coefficient (Wildman–Crippen LogP) is 5.53. The molecule has 0 saturated heterocycles. The molecule has 1 saturated carbocycles. The molecule has 1 heterocycles. The Hall–Kier alpha value is -3.40. The van der Waals surface area contributed by atoms with E-state index in [4.69, 9.17) is 16.3 Å². The number of aromatic nitrogens is 3. The number of aromatic amines is 1. The molecule has 1 aliphatic rings. The molecule has 2 N–H and O–H groups in total. The molecule has 0 radical (unpaired) electrons. The van der Waals surface area contributed by atoms with Gasteiger partial charge in [0, 0.05) is 17.7 Å². The number of benzene rings is 2. The highest BCUT2D eigenvalue weighted by Crippen LogP contribution is 2.38. The molecule has 0 bridgehead atoms. The zero-order valence-corrected chi connectivity index (χ0v) is 21.2. The number of rotatable bonds is 8. The Labute approximate surface area is 216 Å². The highest BCUT2D eigenvalue weighted by atomic mass is 35.5. The van der Waals surface area contributed by atoms with Crippen LogP contribution in [-0.2, 0) is 11.3 Å². The summed E-state index contributed by atoms with van der Waals surface area (Å²) in [6, 6.07) is 11.7. The van der Waals surface area contributed by atoms with Crippen LogP contribution in [0.15, 0.2) is 47.3 Å². The zero-order chi connectivity index (χ0) is 27.0. The van der Waals surface area contributed by atoms with E-state index in [1.807, 2.05) is 6.92 Å². The first-order valence-electron chi connectivity index (χ1n) is 11.7. The van der Waals surface area contributed by atoms with Crippen molar-refractivity contribution in [2.45, 2.75) is 52.4 Å². The van der Waals surface area contributed by atoms with Gasteiger partial charge in [-0.1, -0.05) is 17.7 Å². The number of alkyl halides is 3. The number of nitrogens with one attached hydrogen (secondary N) is 2. The average molecular weight is 535 g/mol. The van der Waals surface area contributed by atoms with E-state index in [9.17, 15) is 22.8 Å². The summed E-state index contributed by atoms with van der Waals surface area (Å²) >= 11 is 6.34. The van der Waals surface area contributed by atoms with Gasteiger partial charge in [-0.2, -0.15) is 18.2 Å². The first kappa shape index (κ1) is 26.7. The Morgan fingerprint density at radius 1 is 1.16 bits per heavy atom. The standard InChI is InChI=1S/C26H26ClF3N4O3/c1-14(16-5-6-16)37-18-9-7-17(8-10-18)21-32-22(34-24(36)33-21)19-12-15(4-11-20(19)27)13-31-23(35)25(2,3)26(28,29)30/h4,7-12,14,16H,5-6,13H2,1-3H3,(H,31,35)(H,32,33,34,36). The van der Waals surface area contributed by atoms with Crippen LogP contribution in [0.4, 0.5) is 13.2 Å². The first-order valence-corrected chi connectivity index (χ1v) is 12.1.